The molecule has 0 unspecified atom stereocenters. The minimum absolute atomic E-state index is 0.111. The van der Waals surface area contributed by atoms with Gasteiger partial charge in [0.1, 0.15) is 5.75 Å². The molecule has 0 saturated heterocycles. The Kier molecular flexibility index (Phi) is 5.14. The summed E-state index contributed by atoms with van der Waals surface area (Å²) in [5.74, 6) is 0.780. The Labute approximate surface area is 147 Å². The average Bonchev–Trinajstić information content (AvgIpc) is 3.20. The molecule has 0 aliphatic carbocycles. The van der Waals surface area contributed by atoms with Crippen molar-refractivity contribution in [3.63, 3.8) is 0 Å². The van der Waals surface area contributed by atoms with Crippen molar-refractivity contribution in [2.24, 2.45) is 0 Å². The fourth-order valence-corrected chi connectivity index (χ4v) is 2.72. The van der Waals surface area contributed by atoms with E-state index in [1.54, 1.807) is 31.6 Å². The van der Waals surface area contributed by atoms with Gasteiger partial charge < -0.3 is 10.1 Å². The molecule has 0 aliphatic rings. The second-order valence-corrected chi connectivity index (χ2v) is 5.92. The summed E-state index contributed by atoms with van der Waals surface area (Å²) in [6, 6.07) is 15.6. The number of H-pyrrole nitrogens is 1. The Morgan fingerprint density at radius 2 is 2.04 bits per heavy atom. The Balaban J connectivity index is 1.70. The van der Waals surface area contributed by atoms with E-state index in [0.29, 0.717) is 17.9 Å². The van der Waals surface area contributed by atoms with Crippen molar-refractivity contribution in [1.82, 2.24) is 15.5 Å². The molecule has 3 aromatic rings. The van der Waals surface area contributed by atoms with Crippen LogP contribution in [0.3, 0.4) is 0 Å². The number of rotatable bonds is 6. The fourth-order valence-electron chi connectivity index (χ4n) is 2.72. The highest BCUT2D eigenvalue weighted by Crippen LogP contribution is 2.30. The first-order valence-corrected chi connectivity index (χ1v) is 8.19. The molecule has 0 spiro atoms. The van der Waals surface area contributed by atoms with Gasteiger partial charge >= 0.3 is 0 Å². The van der Waals surface area contributed by atoms with Gasteiger partial charge in [-0.2, -0.15) is 5.10 Å². The Hall–Kier alpha value is -3.08. The van der Waals surface area contributed by atoms with E-state index in [2.05, 4.69) is 34.6 Å². The van der Waals surface area contributed by atoms with Crippen molar-refractivity contribution < 1.29 is 9.53 Å². The molecule has 0 bridgehead atoms. The van der Waals surface area contributed by atoms with Crippen LogP contribution in [0.4, 0.5) is 0 Å². The van der Waals surface area contributed by atoms with Crippen LogP contribution >= 0.6 is 0 Å². The molecule has 0 saturated carbocycles. The molecule has 5 heteroatoms. The van der Waals surface area contributed by atoms with Gasteiger partial charge in [-0.3, -0.25) is 9.89 Å². The van der Waals surface area contributed by atoms with Crippen LogP contribution in [0.5, 0.6) is 5.75 Å². The molecular formula is C20H21N3O2. The smallest absolute Gasteiger partial charge is 0.251 e. The number of carbonyl (C=O) groups is 1. The maximum absolute atomic E-state index is 12.5. The topological polar surface area (TPSA) is 67.0 Å². The summed E-state index contributed by atoms with van der Waals surface area (Å²) in [5, 5.41) is 9.72. The minimum Gasteiger partial charge on any atom is -0.496 e. The number of carbonyl (C=O) groups excluding carboxylic acids is 1. The summed E-state index contributed by atoms with van der Waals surface area (Å²) >= 11 is 0. The molecule has 1 amide bonds. The lowest BCUT2D eigenvalue weighted by Crippen LogP contribution is -2.27. The number of benzene rings is 2. The lowest BCUT2D eigenvalue weighted by molar-refractivity contribution is 0.0951. The zero-order valence-electron chi connectivity index (χ0n) is 14.3. The monoisotopic (exact) mass is 335 g/mol. The zero-order valence-corrected chi connectivity index (χ0v) is 14.3. The summed E-state index contributed by atoms with van der Waals surface area (Å²) in [5.41, 5.74) is 3.59. The normalized spacial score (nSPS) is 11.8. The number of methoxy groups -OCH3 is 1. The summed E-state index contributed by atoms with van der Waals surface area (Å²) in [7, 11) is 1.60. The van der Waals surface area contributed by atoms with Gasteiger partial charge in [0.05, 0.1) is 13.3 Å². The zero-order chi connectivity index (χ0) is 17.6. The number of aromatic nitrogens is 2. The van der Waals surface area contributed by atoms with Crippen molar-refractivity contribution in [3.8, 4) is 16.9 Å². The van der Waals surface area contributed by atoms with Gasteiger partial charge in [-0.25, -0.2) is 0 Å². The Bertz CT molecular complexity index is 829. The van der Waals surface area contributed by atoms with E-state index in [1.807, 2.05) is 24.3 Å². The van der Waals surface area contributed by atoms with E-state index in [1.165, 1.54) is 5.56 Å². The summed E-state index contributed by atoms with van der Waals surface area (Å²) in [6.07, 6.45) is 3.51. The Morgan fingerprint density at radius 3 is 2.72 bits per heavy atom. The van der Waals surface area contributed by atoms with Gasteiger partial charge in [-0.05, 0) is 29.7 Å². The number of hydrogen-bond donors (Lipinski definition) is 2. The lowest BCUT2D eigenvalue weighted by atomic mass is 10.0. The molecular weight excluding hydrogens is 314 g/mol. The van der Waals surface area contributed by atoms with Crippen molar-refractivity contribution in [2.45, 2.75) is 12.8 Å². The molecule has 1 aromatic heterocycles. The van der Waals surface area contributed by atoms with Crippen LogP contribution in [0.25, 0.3) is 11.1 Å². The van der Waals surface area contributed by atoms with Gasteiger partial charge in [0, 0.05) is 29.4 Å². The first kappa shape index (κ1) is 16.8. The van der Waals surface area contributed by atoms with Crippen LogP contribution in [-0.2, 0) is 0 Å². The lowest BCUT2D eigenvalue weighted by Gasteiger charge is -2.14. The van der Waals surface area contributed by atoms with Crippen LogP contribution in [0.1, 0.15) is 28.8 Å². The molecule has 0 aliphatic heterocycles. The number of nitrogens with zero attached hydrogens (tertiary/aromatic N) is 1. The van der Waals surface area contributed by atoms with Gasteiger partial charge in [0.25, 0.3) is 5.91 Å². The number of amides is 1. The molecule has 128 valence electrons. The van der Waals surface area contributed by atoms with Gasteiger partial charge in [0.2, 0.25) is 0 Å². The molecule has 3 rings (SSSR count). The van der Waals surface area contributed by atoms with E-state index < -0.39 is 0 Å². The molecule has 25 heavy (non-hydrogen) atoms. The largest absolute Gasteiger partial charge is 0.496 e. The SMILES string of the molecule is COc1cc(C(=O)NC[C@@H](C)c2ccccc2)ccc1-c1cn[nH]c1. The highest BCUT2D eigenvalue weighted by atomic mass is 16.5. The molecule has 2 aromatic carbocycles. The van der Waals surface area contributed by atoms with Crippen LogP contribution in [0.15, 0.2) is 60.9 Å². The minimum atomic E-state index is -0.111. The third-order valence-electron chi connectivity index (χ3n) is 4.21. The van der Waals surface area contributed by atoms with E-state index in [0.717, 1.165) is 11.1 Å². The maximum Gasteiger partial charge on any atom is 0.251 e. The highest BCUT2D eigenvalue weighted by Gasteiger charge is 2.13. The molecule has 1 heterocycles. The van der Waals surface area contributed by atoms with Gasteiger partial charge in [-0.15, -0.1) is 0 Å². The molecule has 1 atom stereocenters. The predicted molar refractivity (Wildman–Crippen MR) is 97.8 cm³/mol. The van der Waals surface area contributed by atoms with Crippen molar-refractivity contribution in [1.29, 1.82) is 0 Å². The number of aromatic amines is 1. The third-order valence-corrected chi connectivity index (χ3v) is 4.21. The van der Waals surface area contributed by atoms with E-state index in [-0.39, 0.29) is 11.8 Å². The standard InChI is InChI=1S/C20H21N3O2/c1-14(15-6-4-3-5-7-15)11-21-20(24)16-8-9-18(19(10-16)25-2)17-12-22-23-13-17/h3-10,12-14H,11H2,1-2H3,(H,21,24)(H,22,23)/t14-/m1/s1. The molecule has 0 fully saturated rings. The quantitative estimate of drug-likeness (QED) is 0.723. The second kappa shape index (κ2) is 7.66. The summed E-state index contributed by atoms with van der Waals surface area (Å²) < 4.78 is 5.43. The molecule has 0 radical (unpaired) electrons. The Morgan fingerprint density at radius 1 is 1.24 bits per heavy atom. The first-order valence-electron chi connectivity index (χ1n) is 8.19. The van der Waals surface area contributed by atoms with Crippen molar-refractivity contribution >= 4 is 5.91 Å². The van der Waals surface area contributed by atoms with E-state index in [9.17, 15) is 4.79 Å². The fraction of sp³-hybridized carbons (Fsp3) is 0.200. The van der Waals surface area contributed by atoms with Crippen LogP contribution < -0.4 is 10.1 Å². The van der Waals surface area contributed by atoms with Crippen molar-refractivity contribution in [3.05, 3.63) is 72.1 Å². The highest BCUT2D eigenvalue weighted by molar-refractivity contribution is 5.95. The van der Waals surface area contributed by atoms with E-state index in [4.69, 9.17) is 4.74 Å². The third kappa shape index (κ3) is 3.88. The maximum atomic E-state index is 12.5. The summed E-state index contributed by atoms with van der Waals surface area (Å²) in [6.45, 7) is 2.67. The number of hydrogen-bond acceptors (Lipinski definition) is 3. The first-order chi connectivity index (χ1) is 12.2. The summed E-state index contributed by atoms with van der Waals surface area (Å²) in [4.78, 5) is 12.5. The predicted octanol–water partition coefficient (Wildman–Crippen LogP) is 3.62. The number of nitrogens with one attached hydrogen (secondary N) is 2. The second-order valence-electron chi connectivity index (χ2n) is 5.92. The average molecular weight is 335 g/mol. The van der Waals surface area contributed by atoms with Crippen LogP contribution in [0.2, 0.25) is 0 Å². The molecule has 2 N–H and O–H groups in total. The number of ether oxygens (including phenoxy) is 1. The van der Waals surface area contributed by atoms with E-state index >= 15 is 0 Å². The van der Waals surface area contributed by atoms with Crippen molar-refractivity contribution in [2.75, 3.05) is 13.7 Å². The van der Waals surface area contributed by atoms with Crippen LogP contribution in [-0.4, -0.2) is 29.8 Å². The van der Waals surface area contributed by atoms with Crippen LogP contribution in [0, 0.1) is 0 Å². The molecule has 5 nitrogen and oxygen atoms in total. The van der Waals surface area contributed by atoms with Gasteiger partial charge in [0.15, 0.2) is 0 Å². The van der Waals surface area contributed by atoms with Gasteiger partial charge in [-0.1, -0.05) is 37.3 Å².